The molecule has 4 aromatic heterocycles. The van der Waals surface area contributed by atoms with Gasteiger partial charge in [-0.15, -0.1) is 0 Å². The molecule has 0 spiro atoms. The highest BCUT2D eigenvalue weighted by Crippen LogP contribution is 2.45. The van der Waals surface area contributed by atoms with Crippen molar-refractivity contribution in [3.8, 4) is 50.7 Å². The van der Waals surface area contributed by atoms with Crippen molar-refractivity contribution in [2.24, 2.45) is 0 Å². The highest BCUT2D eigenvalue weighted by atomic mass is 15.0. The van der Waals surface area contributed by atoms with Gasteiger partial charge in [0.05, 0.1) is 38.8 Å². The number of hydrogen-bond donors (Lipinski definition) is 0. The molecule has 66 heavy (non-hydrogen) atoms. The van der Waals surface area contributed by atoms with E-state index >= 15 is 0 Å². The van der Waals surface area contributed by atoms with Gasteiger partial charge in [0.25, 0.3) is 0 Å². The largest absolute Gasteiger partial charge is 0.309 e. The lowest BCUT2D eigenvalue weighted by Crippen LogP contribution is -2.04. The number of aryl methyl sites for hydroxylation is 3. The maximum atomic E-state index is 4.99. The van der Waals surface area contributed by atoms with Crippen LogP contribution in [0.2, 0.25) is 0 Å². The normalized spacial score (nSPS) is 11.9. The number of nitrogens with zero attached hydrogens (tertiary/aromatic N) is 6. The smallest absolute Gasteiger partial charge is 0.163 e. The summed E-state index contributed by atoms with van der Waals surface area (Å²) < 4.78 is 7.29. The van der Waals surface area contributed by atoms with Gasteiger partial charge in [-0.05, 0) is 111 Å². The van der Waals surface area contributed by atoms with Crippen molar-refractivity contribution in [2.45, 2.75) is 20.8 Å². The molecule has 9 aromatic carbocycles. The van der Waals surface area contributed by atoms with Gasteiger partial charge in [0, 0.05) is 60.4 Å². The van der Waals surface area contributed by atoms with Crippen LogP contribution in [0.4, 0.5) is 0 Å². The zero-order valence-corrected chi connectivity index (χ0v) is 36.7. The number of rotatable bonds is 6. The molecule has 0 atom stereocenters. The van der Waals surface area contributed by atoms with E-state index in [9.17, 15) is 0 Å². The van der Waals surface area contributed by atoms with Crippen molar-refractivity contribution in [3.05, 3.63) is 217 Å². The van der Waals surface area contributed by atoms with Gasteiger partial charge in [0.2, 0.25) is 0 Å². The summed E-state index contributed by atoms with van der Waals surface area (Å²) in [7, 11) is 0. The number of para-hydroxylation sites is 5. The van der Waals surface area contributed by atoms with Crippen LogP contribution in [0.15, 0.2) is 200 Å². The Kier molecular flexibility index (Phi) is 8.46. The fourth-order valence-electron chi connectivity index (χ4n) is 10.5. The summed E-state index contributed by atoms with van der Waals surface area (Å²) in [5, 5.41) is 7.34. The molecule has 13 rings (SSSR count). The topological polar surface area (TPSA) is 53.5 Å². The molecule has 0 aliphatic carbocycles. The Labute approximate surface area is 381 Å². The molecule has 6 heteroatoms. The average Bonchev–Trinajstić information content (AvgIpc) is 3.99. The van der Waals surface area contributed by atoms with E-state index in [1.165, 1.54) is 59.9 Å². The van der Waals surface area contributed by atoms with Crippen molar-refractivity contribution in [3.63, 3.8) is 0 Å². The van der Waals surface area contributed by atoms with Gasteiger partial charge in [-0.3, -0.25) is 0 Å². The average molecular weight is 847 g/mol. The zero-order valence-electron chi connectivity index (χ0n) is 36.7. The van der Waals surface area contributed by atoms with E-state index in [0.717, 1.165) is 55.9 Å². The third-order valence-corrected chi connectivity index (χ3v) is 13.3. The van der Waals surface area contributed by atoms with E-state index in [1.54, 1.807) is 0 Å². The summed E-state index contributed by atoms with van der Waals surface area (Å²) in [6.07, 6.45) is 0. The third-order valence-electron chi connectivity index (χ3n) is 13.3. The SMILES string of the molecule is Cc1ccc2c(c1)c1ccccc1n2-c1c(-c2cccc(-n3c4ccccc4c4ccccc43)c2)cc(-c2nc(C)nc(C)n2)cc1-c1cccc(-n2c3ccccc3c3ccccc32)c1. The summed E-state index contributed by atoms with van der Waals surface area (Å²) in [6.45, 7) is 6.06. The van der Waals surface area contributed by atoms with E-state index in [0.29, 0.717) is 17.5 Å². The minimum absolute atomic E-state index is 0.643. The quantitative estimate of drug-likeness (QED) is 0.167. The molecule has 4 heterocycles. The molecule has 0 aliphatic heterocycles. The second-order valence-electron chi connectivity index (χ2n) is 17.4. The first-order valence-electron chi connectivity index (χ1n) is 22.5. The molecule has 0 unspecified atom stereocenters. The summed E-state index contributed by atoms with van der Waals surface area (Å²) in [5.41, 5.74) is 16.6. The van der Waals surface area contributed by atoms with Crippen LogP contribution in [0, 0.1) is 20.8 Å². The zero-order chi connectivity index (χ0) is 44.0. The molecule has 0 amide bonds. The van der Waals surface area contributed by atoms with E-state index < -0.39 is 0 Å². The molecule has 13 aromatic rings. The van der Waals surface area contributed by atoms with Crippen molar-refractivity contribution in [1.82, 2.24) is 28.7 Å². The van der Waals surface area contributed by atoms with Gasteiger partial charge in [0.15, 0.2) is 5.82 Å². The van der Waals surface area contributed by atoms with E-state index in [-0.39, 0.29) is 0 Å². The second kappa shape index (κ2) is 14.7. The first-order valence-corrected chi connectivity index (χ1v) is 22.5. The maximum absolute atomic E-state index is 4.99. The fraction of sp³-hybridized carbons (Fsp3) is 0.0500. The van der Waals surface area contributed by atoms with E-state index in [4.69, 9.17) is 9.97 Å². The number of fused-ring (bicyclic) bond motifs is 9. The second-order valence-corrected chi connectivity index (χ2v) is 17.4. The molecule has 0 fully saturated rings. The fourth-order valence-corrected chi connectivity index (χ4v) is 10.5. The van der Waals surface area contributed by atoms with Crippen LogP contribution >= 0.6 is 0 Å². The predicted molar refractivity (Wildman–Crippen MR) is 273 cm³/mol. The molecule has 0 saturated carbocycles. The third kappa shape index (κ3) is 5.85. The minimum atomic E-state index is 0.643. The monoisotopic (exact) mass is 846 g/mol. The molecule has 0 bridgehead atoms. The summed E-state index contributed by atoms with van der Waals surface area (Å²) >= 11 is 0. The highest BCUT2D eigenvalue weighted by Gasteiger charge is 2.24. The van der Waals surface area contributed by atoms with Gasteiger partial charge in [0.1, 0.15) is 11.6 Å². The van der Waals surface area contributed by atoms with Crippen LogP contribution in [-0.2, 0) is 0 Å². The molecule has 0 N–H and O–H groups in total. The van der Waals surface area contributed by atoms with Crippen molar-refractivity contribution < 1.29 is 0 Å². The Morgan fingerprint density at radius 2 is 0.697 bits per heavy atom. The summed E-state index contributed by atoms with van der Waals surface area (Å²) in [6, 6.07) is 73.1. The lowest BCUT2D eigenvalue weighted by molar-refractivity contribution is 0.928. The van der Waals surface area contributed by atoms with Gasteiger partial charge in [-0.25, -0.2) is 15.0 Å². The molecular formula is C60H42N6. The maximum Gasteiger partial charge on any atom is 0.163 e. The van der Waals surface area contributed by atoms with Gasteiger partial charge in [-0.2, -0.15) is 0 Å². The molecule has 312 valence electrons. The molecule has 0 aliphatic rings. The standard InChI is InChI=1S/C60H42N6/c1-37-30-31-58-52(32-37)49-24-8-13-29-57(49)66(58)59-50(40-16-14-18-43(33-40)64-53-25-9-4-20-45(53)46-21-5-10-26-54(46)64)35-42(60-62-38(2)61-39(3)63-60)36-51(59)41-17-15-19-44(34-41)65-55-27-11-6-22-47(55)48-23-7-12-28-56(48)65/h4-36H,1-3H3. The Morgan fingerprint density at radius 1 is 0.303 bits per heavy atom. The van der Waals surface area contributed by atoms with Crippen molar-refractivity contribution in [2.75, 3.05) is 0 Å². The molecule has 6 nitrogen and oxygen atoms in total. The van der Waals surface area contributed by atoms with Crippen molar-refractivity contribution >= 4 is 65.4 Å². The lowest BCUT2D eigenvalue weighted by atomic mass is 9.92. The van der Waals surface area contributed by atoms with Crippen LogP contribution in [0.5, 0.6) is 0 Å². The van der Waals surface area contributed by atoms with E-state index in [1.807, 2.05) is 13.8 Å². The van der Waals surface area contributed by atoms with Crippen LogP contribution in [-0.4, -0.2) is 28.7 Å². The van der Waals surface area contributed by atoms with E-state index in [2.05, 4.69) is 226 Å². The van der Waals surface area contributed by atoms with Crippen LogP contribution in [0.1, 0.15) is 17.2 Å². The predicted octanol–water partition coefficient (Wildman–Crippen LogP) is 15.1. The molecular weight excluding hydrogens is 805 g/mol. The van der Waals surface area contributed by atoms with Crippen LogP contribution in [0.3, 0.4) is 0 Å². The summed E-state index contributed by atoms with van der Waals surface area (Å²) in [4.78, 5) is 14.6. The Bertz CT molecular complexity index is 3800. The van der Waals surface area contributed by atoms with Gasteiger partial charge >= 0.3 is 0 Å². The number of benzene rings is 9. The van der Waals surface area contributed by atoms with Crippen LogP contribution < -0.4 is 0 Å². The first kappa shape index (κ1) is 37.9. The Hall–Kier alpha value is -8.61. The molecule has 0 radical (unpaired) electrons. The summed E-state index contributed by atoms with van der Waals surface area (Å²) in [5.74, 6) is 2.01. The lowest BCUT2D eigenvalue weighted by Gasteiger charge is -2.22. The Morgan fingerprint density at radius 3 is 1.15 bits per heavy atom. The minimum Gasteiger partial charge on any atom is -0.309 e. The number of hydrogen-bond acceptors (Lipinski definition) is 3. The van der Waals surface area contributed by atoms with Gasteiger partial charge in [-0.1, -0.05) is 127 Å². The highest BCUT2D eigenvalue weighted by molar-refractivity contribution is 6.12. The Balaban J connectivity index is 1.16. The van der Waals surface area contributed by atoms with Crippen molar-refractivity contribution in [1.29, 1.82) is 0 Å². The number of aromatic nitrogens is 6. The first-order chi connectivity index (χ1) is 32.5. The van der Waals surface area contributed by atoms with Crippen LogP contribution in [0.25, 0.3) is 116 Å². The molecule has 0 saturated heterocycles. The van der Waals surface area contributed by atoms with Gasteiger partial charge < -0.3 is 13.7 Å².